The summed E-state index contributed by atoms with van der Waals surface area (Å²) in [6.45, 7) is 1.61. The highest BCUT2D eigenvalue weighted by molar-refractivity contribution is 5.46. The molecular formula is C10H13FO3. The summed E-state index contributed by atoms with van der Waals surface area (Å²) in [6, 6.07) is 2.64. The SMILES string of the molecule is COc1c(CC(C)O)ccc(F)c1O. The lowest BCUT2D eigenvalue weighted by Gasteiger charge is -2.11. The zero-order chi connectivity index (χ0) is 10.7. The van der Waals surface area contributed by atoms with E-state index in [9.17, 15) is 9.50 Å². The second-order valence-electron chi connectivity index (χ2n) is 3.14. The number of rotatable bonds is 3. The fraction of sp³-hybridized carbons (Fsp3) is 0.400. The number of hydrogen-bond donors (Lipinski definition) is 2. The van der Waals surface area contributed by atoms with E-state index in [1.807, 2.05) is 0 Å². The van der Waals surface area contributed by atoms with E-state index in [1.165, 1.54) is 13.2 Å². The van der Waals surface area contributed by atoms with Crippen LogP contribution >= 0.6 is 0 Å². The van der Waals surface area contributed by atoms with Gasteiger partial charge in [-0.15, -0.1) is 0 Å². The average Bonchev–Trinajstić information content (AvgIpc) is 2.11. The Hall–Kier alpha value is -1.29. The van der Waals surface area contributed by atoms with Crippen molar-refractivity contribution in [1.82, 2.24) is 0 Å². The molecule has 1 aromatic carbocycles. The van der Waals surface area contributed by atoms with Crippen LogP contribution in [0.5, 0.6) is 11.5 Å². The number of hydrogen-bond acceptors (Lipinski definition) is 3. The van der Waals surface area contributed by atoms with Crippen LogP contribution in [-0.2, 0) is 6.42 Å². The molecule has 14 heavy (non-hydrogen) atoms. The Morgan fingerprint density at radius 3 is 2.64 bits per heavy atom. The number of aromatic hydroxyl groups is 1. The normalized spacial score (nSPS) is 12.6. The highest BCUT2D eigenvalue weighted by Gasteiger charge is 2.14. The molecule has 78 valence electrons. The molecule has 0 saturated heterocycles. The second kappa shape index (κ2) is 4.28. The van der Waals surface area contributed by atoms with Crippen LogP contribution in [0.1, 0.15) is 12.5 Å². The lowest BCUT2D eigenvalue weighted by molar-refractivity contribution is 0.193. The van der Waals surface area contributed by atoms with Crippen LogP contribution in [0.15, 0.2) is 12.1 Å². The number of halogens is 1. The van der Waals surface area contributed by atoms with Gasteiger partial charge in [-0.2, -0.15) is 0 Å². The van der Waals surface area contributed by atoms with E-state index < -0.39 is 17.7 Å². The topological polar surface area (TPSA) is 49.7 Å². The largest absolute Gasteiger partial charge is 0.502 e. The smallest absolute Gasteiger partial charge is 0.194 e. The van der Waals surface area contributed by atoms with Gasteiger partial charge in [0.2, 0.25) is 0 Å². The van der Waals surface area contributed by atoms with Crippen molar-refractivity contribution in [3.63, 3.8) is 0 Å². The molecule has 0 spiro atoms. The van der Waals surface area contributed by atoms with Gasteiger partial charge < -0.3 is 14.9 Å². The van der Waals surface area contributed by atoms with Gasteiger partial charge in [-0.25, -0.2) is 4.39 Å². The molecule has 4 heteroatoms. The number of aliphatic hydroxyl groups excluding tert-OH is 1. The molecule has 1 atom stereocenters. The van der Waals surface area contributed by atoms with E-state index in [0.29, 0.717) is 12.0 Å². The molecule has 0 aliphatic rings. The summed E-state index contributed by atoms with van der Waals surface area (Å²) < 4.78 is 17.7. The highest BCUT2D eigenvalue weighted by Crippen LogP contribution is 2.33. The molecule has 0 heterocycles. The Kier molecular flexibility index (Phi) is 3.30. The second-order valence-corrected chi connectivity index (χ2v) is 3.14. The molecule has 1 rings (SSSR count). The summed E-state index contributed by atoms with van der Waals surface area (Å²) >= 11 is 0. The maximum Gasteiger partial charge on any atom is 0.194 e. The van der Waals surface area contributed by atoms with E-state index in [4.69, 9.17) is 9.84 Å². The lowest BCUT2D eigenvalue weighted by Crippen LogP contribution is -2.06. The third-order valence-electron chi connectivity index (χ3n) is 1.88. The first-order valence-corrected chi connectivity index (χ1v) is 4.28. The highest BCUT2D eigenvalue weighted by atomic mass is 19.1. The van der Waals surface area contributed by atoms with Crippen LogP contribution < -0.4 is 4.74 Å². The molecule has 0 aliphatic carbocycles. The van der Waals surface area contributed by atoms with Crippen LogP contribution in [0.25, 0.3) is 0 Å². The Morgan fingerprint density at radius 1 is 1.50 bits per heavy atom. The number of phenols is 1. The number of phenolic OH excluding ortho intramolecular Hbond substituents is 1. The van der Waals surface area contributed by atoms with Gasteiger partial charge in [0, 0.05) is 12.0 Å². The van der Waals surface area contributed by atoms with Crippen LogP contribution in [0.3, 0.4) is 0 Å². The number of methoxy groups -OCH3 is 1. The molecule has 1 unspecified atom stereocenters. The van der Waals surface area contributed by atoms with Gasteiger partial charge in [-0.1, -0.05) is 6.07 Å². The first-order valence-electron chi connectivity index (χ1n) is 4.28. The van der Waals surface area contributed by atoms with E-state index >= 15 is 0 Å². The summed E-state index contributed by atoms with van der Waals surface area (Å²) in [5.74, 6) is -1.15. The zero-order valence-corrected chi connectivity index (χ0v) is 8.12. The number of aliphatic hydroxyl groups is 1. The van der Waals surface area contributed by atoms with E-state index in [0.717, 1.165) is 6.07 Å². The zero-order valence-electron chi connectivity index (χ0n) is 8.12. The van der Waals surface area contributed by atoms with Crippen molar-refractivity contribution in [3.8, 4) is 11.5 Å². The predicted molar refractivity (Wildman–Crippen MR) is 50.0 cm³/mol. The van der Waals surface area contributed by atoms with E-state index in [1.54, 1.807) is 6.92 Å². The minimum Gasteiger partial charge on any atom is -0.502 e. The standard InChI is InChI=1S/C10H13FO3/c1-6(12)5-7-3-4-8(11)9(13)10(7)14-2/h3-4,6,12-13H,5H2,1-2H3. The molecular weight excluding hydrogens is 187 g/mol. The van der Waals surface area contributed by atoms with Gasteiger partial charge in [-0.05, 0) is 13.0 Å². The molecule has 0 saturated carbocycles. The maximum atomic E-state index is 12.9. The molecule has 3 nitrogen and oxygen atoms in total. The van der Waals surface area contributed by atoms with Gasteiger partial charge in [0.15, 0.2) is 17.3 Å². The van der Waals surface area contributed by atoms with Crippen molar-refractivity contribution in [3.05, 3.63) is 23.5 Å². The molecule has 0 aromatic heterocycles. The molecule has 0 aliphatic heterocycles. The van der Waals surface area contributed by atoms with Gasteiger partial charge in [0.05, 0.1) is 13.2 Å². The maximum absolute atomic E-state index is 12.9. The van der Waals surface area contributed by atoms with Crippen LogP contribution in [-0.4, -0.2) is 23.4 Å². The predicted octanol–water partition coefficient (Wildman–Crippen LogP) is 1.46. The van der Waals surface area contributed by atoms with Crippen LogP contribution in [0, 0.1) is 5.82 Å². The van der Waals surface area contributed by atoms with Gasteiger partial charge in [-0.3, -0.25) is 0 Å². The Morgan fingerprint density at radius 2 is 2.14 bits per heavy atom. The van der Waals surface area contributed by atoms with E-state index in [-0.39, 0.29) is 5.75 Å². The summed E-state index contributed by atoms with van der Waals surface area (Å²) in [6.07, 6.45) is -0.245. The van der Waals surface area contributed by atoms with Crippen LogP contribution in [0.2, 0.25) is 0 Å². The first-order chi connectivity index (χ1) is 6.56. The number of benzene rings is 1. The van der Waals surface area contributed by atoms with Crippen molar-refractivity contribution in [1.29, 1.82) is 0 Å². The Bertz CT molecular complexity index is 323. The monoisotopic (exact) mass is 200 g/mol. The summed E-state index contributed by atoms with van der Waals surface area (Å²) in [5.41, 5.74) is 0.585. The minimum atomic E-state index is -0.726. The van der Waals surface area contributed by atoms with E-state index in [2.05, 4.69) is 0 Å². The lowest BCUT2D eigenvalue weighted by atomic mass is 10.1. The Balaban J connectivity index is 3.10. The molecule has 0 radical (unpaired) electrons. The fourth-order valence-corrected chi connectivity index (χ4v) is 1.30. The third kappa shape index (κ3) is 2.14. The molecule has 1 aromatic rings. The number of ether oxygens (including phenoxy) is 1. The third-order valence-corrected chi connectivity index (χ3v) is 1.88. The summed E-state index contributed by atoms with van der Waals surface area (Å²) in [7, 11) is 1.35. The molecule has 2 N–H and O–H groups in total. The van der Waals surface area contributed by atoms with Crippen molar-refractivity contribution < 1.29 is 19.3 Å². The van der Waals surface area contributed by atoms with Crippen LogP contribution in [0.4, 0.5) is 4.39 Å². The molecule has 0 bridgehead atoms. The van der Waals surface area contributed by atoms with Gasteiger partial charge >= 0.3 is 0 Å². The first kappa shape index (κ1) is 10.8. The Labute approximate surface area is 81.8 Å². The average molecular weight is 200 g/mol. The minimum absolute atomic E-state index is 0.0888. The fourth-order valence-electron chi connectivity index (χ4n) is 1.30. The quantitative estimate of drug-likeness (QED) is 0.776. The van der Waals surface area contributed by atoms with Gasteiger partial charge in [0.25, 0.3) is 0 Å². The van der Waals surface area contributed by atoms with Crippen molar-refractivity contribution in [2.75, 3.05) is 7.11 Å². The van der Waals surface area contributed by atoms with Crippen molar-refractivity contribution >= 4 is 0 Å². The molecule has 0 fully saturated rings. The van der Waals surface area contributed by atoms with Gasteiger partial charge in [0.1, 0.15) is 0 Å². The molecule has 0 amide bonds. The van der Waals surface area contributed by atoms with Crippen molar-refractivity contribution in [2.45, 2.75) is 19.4 Å². The summed E-state index contributed by atoms with van der Waals surface area (Å²) in [4.78, 5) is 0. The van der Waals surface area contributed by atoms with Crippen molar-refractivity contribution in [2.24, 2.45) is 0 Å². The summed E-state index contributed by atoms with van der Waals surface area (Å²) in [5, 5.41) is 18.5.